The highest BCUT2D eigenvalue weighted by molar-refractivity contribution is 6.30. The fourth-order valence-electron chi connectivity index (χ4n) is 3.69. The van der Waals surface area contributed by atoms with Crippen LogP contribution in [0.4, 0.5) is 5.69 Å². The second-order valence-corrected chi connectivity index (χ2v) is 6.85. The zero-order chi connectivity index (χ0) is 14.8. The first kappa shape index (κ1) is 14.7. The molecule has 4 heteroatoms. The molecule has 0 aliphatic heterocycles. The zero-order valence-electron chi connectivity index (χ0n) is 12.2. The van der Waals surface area contributed by atoms with Crippen LogP contribution in [-0.4, -0.2) is 23.7 Å². The molecular weight excluding hydrogens is 286 g/mol. The van der Waals surface area contributed by atoms with Crippen molar-refractivity contribution in [1.29, 1.82) is 0 Å². The third-order valence-electron chi connectivity index (χ3n) is 4.88. The smallest absolute Gasteiger partial charge is 0.323 e. The first-order valence-corrected chi connectivity index (χ1v) is 8.25. The maximum atomic E-state index is 11.3. The Balaban J connectivity index is 1.77. The fourth-order valence-corrected chi connectivity index (χ4v) is 3.82. The van der Waals surface area contributed by atoms with E-state index in [1.165, 1.54) is 25.7 Å². The van der Waals surface area contributed by atoms with Gasteiger partial charge in [0, 0.05) is 16.8 Å². The van der Waals surface area contributed by atoms with Crippen LogP contribution >= 0.6 is 11.6 Å². The fraction of sp³-hybridized carbons (Fsp3) is 0.588. The first-order chi connectivity index (χ1) is 10.1. The van der Waals surface area contributed by atoms with E-state index in [2.05, 4.69) is 4.90 Å². The number of halogens is 1. The summed E-state index contributed by atoms with van der Waals surface area (Å²) in [5, 5.41) is 9.94. The van der Waals surface area contributed by atoms with Crippen molar-refractivity contribution in [1.82, 2.24) is 0 Å². The number of hydrogen-bond donors (Lipinski definition) is 1. The normalized spacial score (nSPS) is 25.6. The summed E-state index contributed by atoms with van der Waals surface area (Å²) in [7, 11) is 0. The number of anilines is 1. The lowest BCUT2D eigenvalue weighted by molar-refractivity contribution is -0.135. The quantitative estimate of drug-likeness (QED) is 0.886. The summed E-state index contributed by atoms with van der Waals surface area (Å²) in [5.41, 5.74) is 0.975. The Hall–Kier alpha value is -1.22. The van der Waals surface area contributed by atoms with Gasteiger partial charge in [-0.15, -0.1) is 0 Å². The lowest BCUT2D eigenvalue weighted by atomic mass is 9.82. The molecule has 1 aromatic rings. The van der Waals surface area contributed by atoms with E-state index < -0.39 is 5.97 Å². The minimum atomic E-state index is -0.765. The molecule has 21 heavy (non-hydrogen) atoms. The van der Waals surface area contributed by atoms with Gasteiger partial charge in [0.05, 0.1) is 0 Å². The topological polar surface area (TPSA) is 40.5 Å². The van der Waals surface area contributed by atoms with Crippen molar-refractivity contribution in [3.63, 3.8) is 0 Å². The average Bonchev–Trinajstić information content (AvgIpc) is 3.30. The maximum absolute atomic E-state index is 11.3. The number of benzene rings is 1. The Bertz CT molecular complexity index is 498. The molecule has 114 valence electrons. The molecule has 2 unspecified atom stereocenters. The van der Waals surface area contributed by atoms with Crippen molar-refractivity contribution >= 4 is 23.3 Å². The molecule has 0 heterocycles. The summed E-state index contributed by atoms with van der Waals surface area (Å²) in [6.07, 6.45) is 7.52. The number of rotatable bonds is 5. The van der Waals surface area contributed by atoms with Gasteiger partial charge in [-0.25, -0.2) is 0 Å². The van der Waals surface area contributed by atoms with E-state index in [1.807, 2.05) is 24.3 Å². The molecule has 0 bridgehead atoms. The predicted molar refractivity (Wildman–Crippen MR) is 84.9 cm³/mol. The van der Waals surface area contributed by atoms with Crippen molar-refractivity contribution in [2.45, 2.75) is 44.6 Å². The highest BCUT2D eigenvalue weighted by atomic mass is 35.5. The summed E-state index contributed by atoms with van der Waals surface area (Å²) < 4.78 is 0. The van der Waals surface area contributed by atoms with Crippen LogP contribution in [0.15, 0.2) is 24.3 Å². The van der Waals surface area contributed by atoms with Crippen molar-refractivity contribution < 1.29 is 9.90 Å². The van der Waals surface area contributed by atoms with Crippen molar-refractivity contribution in [3.8, 4) is 0 Å². The van der Waals surface area contributed by atoms with E-state index in [4.69, 9.17) is 11.6 Å². The maximum Gasteiger partial charge on any atom is 0.323 e. The Morgan fingerprint density at radius 3 is 2.48 bits per heavy atom. The van der Waals surface area contributed by atoms with Crippen molar-refractivity contribution in [3.05, 3.63) is 29.3 Å². The van der Waals surface area contributed by atoms with Gasteiger partial charge in [0.1, 0.15) is 6.54 Å². The molecule has 2 aliphatic carbocycles. The Labute approximate surface area is 130 Å². The molecule has 2 saturated carbocycles. The van der Waals surface area contributed by atoms with Gasteiger partial charge < -0.3 is 10.0 Å². The monoisotopic (exact) mass is 307 g/mol. The molecule has 2 aliphatic rings. The second kappa shape index (κ2) is 6.27. The Kier molecular flexibility index (Phi) is 4.39. The van der Waals surface area contributed by atoms with E-state index in [0.717, 1.165) is 30.4 Å². The molecule has 3 nitrogen and oxygen atoms in total. The van der Waals surface area contributed by atoms with Gasteiger partial charge in [-0.05, 0) is 61.8 Å². The number of nitrogens with zero attached hydrogens (tertiary/aromatic N) is 1. The van der Waals surface area contributed by atoms with E-state index in [9.17, 15) is 9.90 Å². The third-order valence-corrected chi connectivity index (χ3v) is 5.13. The van der Waals surface area contributed by atoms with Gasteiger partial charge >= 0.3 is 5.97 Å². The minimum absolute atomic E-state index is 0.0731. The van der Waals surface area contributed by atoms with Crippen LogP contribution in [0.3, 0.4) is 0 Å². The first-order valence-electron chi connectivity index (χ1n) is 7.87. The third kappa shape index (κ3) is 3.70. The Morgan fingerprint density at radius 1 is 1.14 bits per heavy atom. The van der Waals surface area contributed by atoms with Crippen LogP contribution in [0.2, 0.25) is 5.02 Å². The summed E-state index contributed by atoms with van der Waals surface area (Å²) in [5.74, 6) is 0.940. The number of carboxylic acids is 1. The predicted octanol–water partition coefficient (Wildman–Crippen LogP) is 4.20. The molecule has 1 N–H and O–H groups in total. The lowest BCUT2D eigenvalue weighted by Crippen LogP contribution is -2.42. The van der Waals surface area contributed by atoms with Gasteiger partial charge in [0.2, 0.25) is 0 Å². The Morgan fingerprint density at radius 2 is 1.86 bits per heavy atom. The van der Waals surface area contributed by atoms with E-state index in [-0.39, 0.29) is 6.54 Å². The van der Waals surface area contributed by atoms with Gasteiger partial charge in [-0.1, -0.05) is 24.4 Å². The molecular formula is C17H22ClNO2. The number of carboxylic acid groups (broad SMARTS) is 1. The van der Waals surface area contributed by atoms with Gasteiger partial charge in [0.15, 0.2) is 0 Å². The van der Waals surface area contributed by atoms with Gasteiger partial charge in [-0.2, -0.15) is 0 Å². The van der Waals surface area contributed by atoms with E-state index in [1.54, 1.807) is 0 Å². The van der Waals surface area contributed by atoms with Crippen LogP contribution in [0.25, 0.3) is 0 Å². The molecule has 3 rings (SSSR count). The molecule has 0 aromatic heterocycles. The molecule has 0 amide bonds. The van der Waals surface area contributed by atoms with E-state index >= 15 is 0 Å². The van der Waals surface area contributed by atoms with Gasteiger partial charge in [0.25, 0.3) is 0 Å². The number of hydrogen-bond acceptors (Lipinski definition) is 2. The van der Waals surface area contributed by atoms with Gasteiger partial charge in [-0.3, -0.25) is 4.79 Å². The van der Waals surface area contributed by atoms with Crippen LogP contribution in [-0.2, 0) is 4.79 Å². The molecule has 0 radical (unpaired) electrons. The largest absolute Gasteiger partial charge is 0.480 e. The highest BCUT2D eigenvalue weighted by Gasteiger charge is 2.36. The zero-order valence-corrected chi connectivity index (χ0v) is 12.9. The van der Waals surface area contributed by atoms with Crippen LogP contribution in [0, 0.1) is 11.8 Å². The van der Waals surface area contributed by atoms with E-state index in [0.29, 0.717) is 11.1 Å². The summed E-state index contributed by atoms with van der Waals surface area (Å²) in [6, 6.07) is 7.90. The molecule has 2 fully saturated rings. The molecule has 0 spiro atoms. The molecule has 2 atom stereocenters. The second-order valence-electron chi connectivity index (χ2n) is 6.42. The van der Waals surface area contributed by atoms with Crippen molar-refractivity contribution in [2.75, 3.05) is 11.4 Å². The van der Waals surface area contributed by atoms with Crippen LogP contribution in [0.1, 0.15) is 38.5 Å². The molecule has 1 aromatic carbocycles. The van der Waals surface area contributed by atoms with Crippen LogP contribution in [0.5, 0.6) is 0 Å². The summed E-state index contributed by atoms with van der Waals surface area (Å²) in [6.45, 7) is 0.0731. The van der Waals surface area contributed by atoms with Crippen molar-refractivity contribution in [2.24, 2.45) is 11.8 Å². The number of aliphatic carboxylic acids is 1. The summed E-state index contributed by atoms with van der Waals surface area (Å²) in [4.78, 5) is 13.3. The highest BCUT2D eigenvalue weighted by Crippen LogP contribution is 2.45. The standard InChI is InChI=1S/C17H22ClNO2/c18-14-6-8-15(9-7-14)19(11-17(20)21)16-3-1-2-13(10-16)12-4-5-12/h6-9,12-13,16H,1-5,10-11H2,(H,20,21). The minimum Gasteiger partial charge on any atom is -0.480 e. The average molecular weight is 308 g/mol. The SMILES string of the molecule is O=C(O)CN(c1ccc(Cl)cc1)C1CCCC(C2CC2)C1. The van der Waals surface area contributed by atoms with Crippen LogP contribution < -0.4 is 4.90 Å². The summed E-state index contributed by atoms with van der Waals surface area (Å²) >= 11 is 5.95. The number of carbonyl (C=O) groups is 1. The lowest BCUT2D eigenvalue weighted by Gasteiger charge is -2.38. The molecule has 0 saturated heterocycles.